The number of hydrogen-bond donors (Lipinski definition) is 2. The Hall–Kier alpha value is -1.52. The van der Waals surface area contributed by atoms with Gasteiger partial charge < -0.3 is 5.11 Å². The van der Waals surface area contributed by atoms with E-state index in [0.717, 1.165) is 0 Å². The lowest BCUT2D eigenvalue weighted by atomic mass is 10.6. The van der Waals surface area contributed by atoms with E-state index in [9.17, 15) is 4.79 Å². The maximum atomic E-state index is 10.2. The monoisotopic (exact) mass is 156 g/mol. The van der Waals surface area contributed by atoms with Gasteiger partial charge in [0, 0.05) is 7.05 Å². The molecule has 0 aromatic carbocycles. The summed E-state index contributed by atoms with van der Waals surface area (Å²) in [5.74, 6) is -0.844. The molecule has 60 valence electrons. The van der Waals surface area contributed by atoms with Crippen LogP contribution in [0.25, 0.3) is 0 Å². The third-order valence-corrected chi connectivity index (χ3v) is 1.27. The topological polar surface area (TPSA) is 58.1 Å². The largest absolute Gasteiger partial charge is 0.478 e. The number of hydrogen-bond acceptors (Lipinski definition) is 2. The summed E-state index contributed by atoms with van der Waals surface area (Å²) >= 11 is 0. The number of carbonyl (C=O) groups is 1. The molecular weight excluding hydrogens is 146 g/mol. The number of aromatic nitrogens is 2. The zero-order valence-corrected chi connectivity index (χ0v) is 6.19. The zero-order chi connectivity index (χ0) is 8.27. The normalized spacial score (nSPS) is 9.55. The Labute approximate surface area is 63.9 Å². The fraction of sp³-hybridized carbons (Fsp3) is 0.333. The molecule has 0 aliphatic rings. The van der Waals surface area contributed by atoms with Crippen LogP contribution >= 0.6 is 0 Å². The highest BCUT2D eigenvalue weighted by molar-refractivity contribution is 5.64. The summed E-state index contributed by atoms with van der Waals surface area (Å²) in [7, 11) is 1.76. The Bertz CT molecular complexity index is 256. The van der Waals surface area contributed by atoms with E-state index in [-0.39, 0.29) is 6.54 Å². The number of carboxylic acids is 1. The molecule has 1 aromatic rings. The predicted molar refractivity (Wildman–Crippen MR) is 37.5 cm³/mol. The molecule has 0 saturated heterocycles. The van der Waals surface area contributed by atoms with Gasteiger partial charge in [0.25, 0.3) is 6.33 Å². The average molecular weight is 156 g/mol. The van der Waals surface area contributed by atoms with Crippen LogP contribution < -0.4 is 9.99 Å². The summed E-state index contributed by atoms with van der Waals surface area (Å²) in [5, 5.41) is 8.40. The zero-order valence-electron chi connectivity index (χ0n) is 6.19. The number of aliphatic carboxylic acids is 1. The van der Waals surface area contributed by atoms with Crippen molar-refractivity contribution in [3.63, 3.8) is 0 Å². The minimum Gasteiger partial charge on any atom is -0.478 e. The van der Waals surface area contributed by atoms with Crippen LogP contribution in [0.2, 0.25) is 0 Å². The van der Waals surface area contributed by atoms with E-state index in [2.05, 4.69) is 5.43 Å². The van der Waals surface area contributed by atoms with Crippen molar-refractivity contribution < 1.29 is 14.5 Å². The van der Waals surface area contributed by atoms with Crippen molar-refractivity contribution in [3.05, 3.63) is 18.7 Å². The van der Waals surface area contributed by atoms with Gasteiger partial charge in [-0.25, -0.2) is 9.36 Å². The van der Waals surface area contributed by atoms with Gasteiger partial charge >= 0.3 is 5.97 Å². The van der Waals surface area contributed by atoms with Crippen LogP contribution in [0.5, 0.6) is 0 Å². The average Bonchev–Trinajstić information content (AvgIpc) is 2.34. The lowest BCUT2D eigenvalue weighted by Gasteiger charge is -1.88. The molecule has 0 aliphatic carbocycles. The van der Waals surface area contributed by atoms with Gasteiger partial charge in [-0.2, -0.15) is 0 Å². The molecule has 0 amide bonds. The molecule has 5 heteroatoms. The molecule has 0 radical (unpaired) electrons. The van der Waals surface area contributed by atoms with E-state index in [4.69, 9.17) is 5.11 Å². The van der Waals surface area contributed by atoms with Crippen LogP contribution in [0, 0.1) is 0 Å². The second-order valence-electron chi connectivity index (χ2n) is 2.11. The summed E-state index contributed by atoms with van der Waals surface area (Å²) in [6, 6.07) is 0. The first-order valence-corrected chi connectivity index (χ1v) is 3.19. The maximum absolute atomic E-state index is 10.2. The van der Waals surface area contributed by atoms with E-state index in [1.165, 1.54) is 0 Å². The number of carboxylic acid groups (broad SMARTS) is 1. The molecule has 1 aromatic heterocycles. The highest BCUT2D eigenvalue weighted by Gasteiger charge is 2.05. The van der Waals surface area contributed by atoms with E-state index >= 15 is 0 Å². The summed E-state index contributed by atoms with van der Waals surface area (Å²) in [4.78, 5) is 10.2. The molecule has 0 atom stereocenters. The van der Waals surface area contributed by atoms with Gasteiger partial charge in [0.1, 0.15) is 6.20 Å². The second-order valence-corrected chi connectivity index (χ2v) is 2.11. The summed E-state index contributed by atoms with van der Waals surface area (Å²) in [6.07, 6.45) is 5.08. The van der Waals surface area contributed by atoms with Crippen molar-refractivity contribution in [3.8, 4) is 0 Å². The first-order chi connectivity index (χ1) is 5.22. The van der Waals surface area contributed by atoms with Crippen molar-refractivity contribution in [2.24, 2.45) is 0 Å². The van der Waals surface area contributed by atoms with Crippen molar-refractivity contribution in [2.45, 2.75) is 6.54 Å². The smallest absolute Gasteiger partial charge is 0.346 e. The molecular formula is C6H10N3O2+. The van der Waals surface area contributed by atoms with Crippen LogP contribution in [-0.4, -0.2) is 22.8 Å². The lowest BCUT2D eigenvalue weighted by molar-refractivity contribution is -0.685. The molecule has 0 aliphatic heterocycles. The fourth-order valence-corrected chi connectivity index (χ4v) is 0.776. The number of nitrogens with zero attached hydrogens (tertiary/aromatic N) is 2. The van der Waals surface area contributed by atoms with Gasteiger partial charge in [-0.1, -0.05) is 0 Å². The van der Waals surface area contributed by atoms with Crippen molar-refractivity contribution in [1.82, 2.24) is 4.68 Å². The van der Waals surface area contributed by atoms with Crippen LogP contribution in [-0.2, 0) is 11.3 Å². The lowest BCUT2D eigenvalue weighted by Crippen LogP contribution is -2.35. The van der Waals surface area contributed by atoms with E-state index in [1.807, 2.05) is 0 Å². The molecule has 1 rings (SSSR count). The molecule has 0 unspecified atom stereocenters. The molecule has 0 bridgehead atoms. The van der Waals surface area contributed by atoms with Crippen molar-refractivity contribution in [2.75, 3.05) is 12.5 Å². The Morgan fingerprint density at radius 2 is 2.55 bits per heavy atom. The SMILES string of the molecule is CNn1cc[n+](CC(=O)O)c1. The minimum atomic E-state index is -0.844. The highest BCUT2D eigenvalue weighted by Crippen LogP contribution is 1.76. The second kappa shape index (κ2) is 3.05. The predicted octanol–water partition coefficient (Wildman–Crippen LogP) is -0.966. The number of imidazole rings is 1. The quantitative estimate of drug-likeness (QED) is 0.554. The number of rotatable bonds is 3. The van der Waals surface area contributed by atoms with Gasteiger partial charge in [-0.3, -0.25) is 5.43 Å². The molecule has 0 saturated carbocycles. The van der Waals surface area contributed by atoms with Crippen molar-refractivity contribution in [1.29, 1.82) is 0 Å². The van der Waals surface area contributed by atoms with Gasteiger partial charge in [-0.15, -0.1) is 4.68 Å². The summed E-state index contributed by atoms with van der Waals surface area (Å²) in [5.41, 5.74) is 2.82. The van der Waals surface area contributed by atoms with E-state index in [1.54, 1.807) is 35.0 Å². The van der Waals surface area contributed by atoms with E-state index < -0.39 is 5.97 Å². The van der Waals surface area contributed by atoms with Crippen LogP contribution in [0.4, 0.5) is 0 Å². The van der Waals surface area contributed by atoms with Crippen molar-refractivity contribution >= 4 is 5.97 Å². The molecule has 0 spiro atoms. The van der Waals surface area contributed by atoms with Crippen LogP contribution in [0.3, 0.4) is 0 Å². The number of nitrogens with one attached hydrogen (secondary N) is 1. The standard InChI is InChI=1S/C6H9N3O2/c1-7-9-3-2-8(5-9)4-6(10)11/h2-3,5,7H,4H2,1H3/p+1. The molecule has 1 heterocycles. The Kier molecular flexibility index (Phi) is 2.10. The van der Waals surface area contributed by atoms with Gasteiger partial charge in [0.05, 0.1) is 0 Å². The molecule has 2 N–H and O–H groups in total. The first-order valence-electron chi connectivity index (χ1n) is 3.19. The first kappa shape index (κ1) is 7.59. The van der Waals surface area contributed by atoms with E-state index in [0.29, 0.717) is 0 Å². The molecule has 11 heavy (non-hydrogen) atoms. The van der Waals surface area contributed by atoms with Crippen LogP contribution in [0.15, 0.2) is 18.7 Å². The van der Waals surface area contributed by atoms with Gasteiger partial charge in [0.15, 0.2) is 12.7 Å². The van der Waals surface area contributed by atoms with Crippen LogP contribution in [0.1, 0.15) is 0 Å². The third kappa shape index (κ3) is 1.96. The minimum absolute atomic E-state index is 0.00528. The fourth-order valence-electron chi connectivity index (χ4n) is 0.776. The Balaban J connectivity index is 2.65. The molecule has 0 fully saturated rings. The third-order valence-electron chi connectivity index (χ3n) is 1.27. The summed E-state index contributed by atoms with van der Waals surface area (Å²) in [6.45, 7) is -0.00528. The summed E-state index contributed by atoms with van der Waals surface area (Å²) < 4.78 is 3.24. The Morgan fingerprint density at radius 3 is 3.00 bits per heavy atom. The van der Waals surface area contributed by atoms with Gasteiger partial charge in [-0.05, 0) is 0 Å². The highest BCUT2D eigenvalue weighted by atomic mass is 16.4. The molecule has 5 nitrogen and oxygen atoms in total. The Morgan fingerprint density at radius 1 is 1.82 bits per heavy atom. The van der Waals surface area contributed by atoms with Gasteiger partial charge in [0.2, 0.25) is 0 Å². The maximum Gasteiger partial charge on any atom is 0.346 e.